The summed E-state index contributed by atoms with van der Waals surface area (Å²) < 4.78 is 5.60. The molecule has 0 aliphatic rings. The Balaban J connectivity index is 2.59. The van der Waals surface area contributed by atoms with E-state index in [0.29, 0.717) is 0 Å². The summed E-state index contributed by atoms with van der Waals surface area (Å²) in [6.45, 7) is 8.21. The monoisotopic (exact) mass is 285 g/mol. The van der Waals surface area contributed by atoms with Gasteiger partial charge in [0.2, 0.25) is 0 Å². The number of pyridine rings is 1. The topological polar surface area (TPSA) is 60.2 Å². The number of hydrogen-bond acceptors (Lipinski definition) is 4. The average molecular weight is 285 g/mol. The summed E-state index contributed by atoms with van der Waals surface area (Å²) >= 11 is 0. The van der Waals surface area contributed by atoms with Crippen LogP contribution in [0.5, 0.6) is 5.75 Å². The van der Waals surface area contributed by atoms with Gasteiger partial charge in [-0.15, -0.1) is 0 Å². The fourth-order valence-corrected chi connectivity index (χ4v) is 2.65. The summed E-state index contributed by atoms with van der Waals surface area (Å²) in [5, 5.41) is 0. The third-order valence-corrected chi connectivity index (χ3v) is 3.92. The van der Waals surface area contributed by atoms with Gasteiger partial charge in [-0.25, -0.2) is 5.43 Å². The molecule has 0 amide bonds. The molecule has 0 bridgehead atoms. The van der Waals surface area contributed by atoms with Crippen molar-refractivity contribution in [3.63, 3.8) is 0 Å². The quantitative estimate of drug-likeness (QED) is 0.670. The minimum atomic E-state index is -0.195. The molecule has 1 heterocycles. The van der Waals surface area contributed by atoms with E-state index >= 15 is 0 Å². The number of methoxy groups -OCH3 is 1. The largest absolute Gasteiger partial charge is 0.496 e. The van der Waals surface area contributed by atoms with E-state index in [0.717, 1.165) is 33.7 Å². The van der Waals surface area contributed by atoms with Crippen molar-refractivity contribution in [1.82, 2.24) is 10.4 Å². The maximum Gasteiger partial charge on any atom is 0.127 e. The third-order valence-electron chi connectivity index (χ3n) is 3.92. The van der Waals surface area contributed by atoms with Crippen LogP contribution in [0.4, 0.5) is 0 Å². The second-order valence-corrected chi connectivity index (χ2v) is 5.44. The molecule has 1 unspecified atom stereocenters. The Morgan fingerprint density at radius 1 is 1.14 bits per heavy atom. The molecule has 2 aromatic rings. The first-order valence-corrected chi connectivity index (χ1v) is 7.03. The van der Waals surface area contributed by atoms with Gasteiger partial charge >= 0.3 is 0 Å². The van der Waals surface area contributed by atoms with Crippen molar-refractivity contribution in [2.75, 3.05) is 7.11 Å². The van der Waals surface area contributed by atoms with Gasteiger partial charge in [0.15, 0.2) is 0 Å². The lowest BCUT2D eigenvalue weighted by Gasteiger charge is -2.22. The SMILES string of the molecule is COc1c(C(NN)c2ncc(C)cc2C)ccc(C)c1C. The Labute approximate surface area is 126 Å². The molecule has 0 fully saturated rings. The molecule has 1 aromatic carbocycles. The molecule has 1 aromatic heterocycles. The predicted molar refractivity (Wildman–Crippen MR) is 85.3 cm³/mol. The van der Waals surface area contributed by atoms with Gasteiger partial charge in [-0.1, -0.05) is 18.2 Å². The van der Waals surface area contributed by atoms with Crippen LogP contribution in [0.1, 0.15) is 39.6 Å². The van der Waals surface area contributed by atoms with Crippen LogP contribution in [-0.2, 0) is 0 Å². The number of hydrazine groups is 1. The standard InChI is InChI=1S/C17H23N3O/c1-10-8-12(3)15(19-9-10)16(20-18)14-7-6-11(2)13(4)17(14)21-5/h6-9,16,20H,18H2,1-5H3. The van der Waals surface area contributed by atoms with Crippen LogP contribution in [0.25, 0.3) is 0 Å². The van der Waals surface area contributed by atoms with Crippen LogP contribution < -0.4 is 16.0 Å². The molecule has 3 N–H and O–H groups in total. The van der Waals surface area contributed by atoms with Crippen molar-refractivity contribution in [2.45, 2.75) is 33.7 Å². The van der Waals surface area contributed by atoms with Crippen molar-refractivity contribution in [3.05, 3.63) is 57.9 Å². The van der Waals surface area contributed by atoms with Gasteiger partial charge in [0.25, 0.3) is 0 Å². The first-order chi connectivity index (χ1) is 9.99. The summed E-state index contributed by atoms with van der Waals surface area (Å²) in [4.78, 5) is 4.55. The molecule has 112 valence electrons. The van der Waals surface area contributed by atoms with Crippen LogP contribution in [0.2, 0.25) is 0 Å². The zero-order valence-electron chi connectivity index (χ0n) is 13.3. The number of benzene rings is 1. The van der Waals surface area contributed by atoms with Crippen molar-refractivity contribution in [1.29, 1.82) is 0 Å². The van der Waals surface area contributed by atoms with Crippen molar-refractivity contribution in [3.8, 4) is 5.75 Å². The van der Waals surface area contributed by atoms with Gasteiger partial charge in [-0.2, -0.15) is 0 Å². The average Bonchev–Trinajstić information content (AvgIpc) is 2.45. The highest BCUT2D eigenvalue weighted by Gasteiger charge is 2.21. The van der Waals surface area contributed by atoms with E-state index in [9.17, 15) is 0 Å². The van der Waals surface area contributed by atoms with E-state index < -0.39 is 0 Å². The minimum absolute atomic E-state index is 0.195. The van der Waals surface area contributed by atoms with Gasteiger partial charge in [-0.3, -0.25) is 10.8 Å². The highest BCUT2D eigenvalue weighted by molar-refractivity contribution is 5.49. The van der Waals surface area contributed by atoms with E-state index in [-0.39, 0.29) is 6.04 Å². The summed E-state index contributed by atoms with van der Waals surface area (Å²) in [7, 11) is 1.69. The first kappa shape index (κ1) is 15.5. The Hall–Kier alpha value is -1.91. The number of ether oxygens (including phenoxy) is 1. The molecule has 0 spiro atoms. The lowest BCUT2D eigenvalue weighted by atomic mass is 9.95. The summed E-state index contributed by atoms with van der Waals surface area (Å²) in [5.74, 6) is 6.67. The minimum Gasteiger partial charge on any atom is -0.496 e. The highest BCUT2D eigenvalue weighted by atomic mass is 16.5. The van der Waals surface area contributed by atoms with E-state index in [2.05, 4.69) is 36.4 Å². The smallest absolute Gasteiger partial charge is 0.127 e. The molecular weight excluding hydrogens is 262 g/mol. The Bertz CT molecular complexity index is 653. The molecule has 0 radical (unpaired) electrons. The van der Waals surface area contributed by atoms with Crippen LogP contribution in [0.3, 0.4) is 0 Å². The number of rotatable bonds is 4. The molecule has 4 heteroatoms. The molecular formula is C17H23N3O. The third kappa shape index (κ3) is 2.91. The van der Waals surface area contributed by atoms with Crippen LogP contribution in [0.15, 0.2) is 24.4 Å². The fraction of sp³-hybridized carbons (Fsp3) is 0.353. The zero-order valence-corrected chi connectivity index (χ0v) is 13.3. The van der Waals surface area contributed by atoms with Crippen LogP contribution in [0, 0.1) is 27.7 Å². The van der Waals surface area contributed by atoms with Crippen LogP contribution in [-0.4, -0.2) is 12.1 Å². The van der Waals surface area contributed by atoms with Crippen molar-refractivity contribution >= 4 is 0 Å². The van der Waals surface area contributed by atoms with E-state index in [1.807, 2.05) is 26.1 Å². The second kappa shape index (κ2) is 6.24. The first-order valence-electron chi connectivity index (χ1n) is 7.03. The molecule has 0 saturated carbocycles. The summed E-state index contributed by atoms with van der Waals surface area (Å²) in [6, 6.07) is 6.05. The van der Waals surface area contributed by atoms with Gasteiger partial charge in [0.05, 0.1) is 18.8 Å². The van der Waals surface area contributed by atoms with E-state index in [1.54, 1.807) is 7.11 Å². The van der Waals surface area contributed by atoms with Gasteiger partial charge < -0.3 is 4.74 Å². The number of hydrogen-bond donors (Lipinski definition) is 2. The Morgan fingerprint density at radius 3 is 2.43 bits per heavy atom. The Kier molecular flexibility index (Phi) is 4.60. The van der Waals surface area contributed by atoms with E-state index in [4.69, 9.17) is 10.6 Å². The second-order valence-electron chi connectivity index (χ2n) is 5.44. The molecule has 2 rings (SSSR count). The maximum atomic E-state index is 5.81. The lowest BCUT2D eigenvalue weighted by molar-refractivity contribution is 0.400. The molecule has 0 aliphatic carbocycles. The van der Waals surface area contributed by atoms with Crippen molar-refractivity contribution < 1.29 is 4.74 Å². The zero-order chi connectivity index (χ0) is 15.6. The maximum absolute atomic E-state index is 5.81. The fourth-order valence-electron chi connectivity index (χ4n) is 2.65. The summed E-state index contributed by atoms with van der Waals surface area (Å²) in [6.07, 6.45) is 1.86. The van der Waals surface area contributed by atoms with Gasteiger partial charge in [-0.05, 0) is 49.9 Å². The molecule has 1 atom stereocenters. The number of nitrogens with two attached hydrogens (primary N) is 1. The van der Waals surface area contributed by atoms with Gasteiger partial charge in [0.1, 0.15) is 5.75 Å². The molecule has 21 heavy (non-hydrogen) atoms. The van der Waals surface area contributed by atoms with Gasteiger partial charge in [0, 0.05) is 11.8 Å². The molecule has 4 nitrogen and oxygen atoms in total. The lowest BCUT2D eigenvalue weighted by Crippen LogP contribution is -2.30. The number of nitrogens with one attached hydrogen (secondary N) is 1. The van der Waals surface area contributed by atoms with E-state index in [1.165, 1.54) is 5.56 Å². The number of aryl methyl sites for hydroxylation is 3. The Morgan fingerprint density at radius 2 is 1.86 bits per heavy atom. The summed E-state index contributed by atoms with van der Waals surface area (Å²) in [5.41, 5.74) is 9.36. The van der Waals surface area contributed by atoms with Crippen molar-refractivity contribution in [2.24, 2.45) is 5.84 Å². The molecule has 0 aliphatic heterocycles. The highest BCUT2D eigenvalue weighted by Crippen LogP contribution is 2.34. The number of aromatic nitrogens is 1. The van der Waals surface area contributed by atoms with Crippen LogP contribution >= 0.6 is 0 Å². The predicted octanol–water partition coefficient (Wildman–Crippen LogP) is 2.88. The normalized spacial score (nSPS) is 12.3. The number of nitrogens with zero attached hydrogens (tertiary/aromatic N) is 1. The molecule has 0 saturated heterocycles.